The highest BCUT2D eigenvalue weighted by atomic mass is 127. The van der Waals surface area contributed by atoms with E-state index in [4.69, 9.17) is 9.73 Å². The van der Waals surface area contributed by atoms with E-state index in [1.165, 1.54) is 16.7 Å². The molecule has 1 aliphatic heterocycles. The maximum atomic E-state index is 12.0. The van der Waals surface area contributed by atoms with Crippen LogP contribution in [0.4, 0.5) is 0 Å². The second kappa shape index (κ2) is 14.1. The molecule has 7 heteroatoms. The van der Waals surface area contributed by atoms with Gasteiger partial charge in [0.25, 0.3) is 0 Å². The van der Waals surface area contributed by atoms with Crippen molar-refractivity contribution in [3.05, 3.63) is 64.7 Å². The van der Waals surface area contributed by atoms with Gasteiger partial charge in [-0.15, -0.1) is 24.0 Å². The number of rotatable bonds is 10. The zero-order valence-electron chi connectivity index (χ0n) is 20.0. The molecule has 33 heavy (non-hydrogen) atoms. The van der Waals surface area contributed by atoms with Gasteiger partial charge in [-0.1, -0.05) is 43.3 Å². The first-order valence-electron chi connectivity index (χ1n) is 11.7. The Morgan fingerprint density at radius 2 is 1.88 bits per heavy atom. The van der Waals surface area contributed by atoms with Crippen molar-refractivity contribution in [3.8, 4) is 5.75 Å². The summed E-state index contributed by atoms with van der Waals surface area (Å²) in [6, 6.07) is 14.6. The summed E-state index contributed by atoms with van der Waals surface area (Å²) in [7, 11) is 0. The Morgan fingerprint density at radius 1 is 1.09 bits per heavy atom. The molecule has 6 nitrogen and oxygen atoms in total. The van der Waals surface area contributed by atoms with Crippen LogP contribution in [0.2, 0.25) is 0 Å². The van der Waals surface area contributed by atoms with E-state index in [1.807, 2.05) is 17.0 Å². The summed E-state index contributed by atoms with van der Waals surface area (Å²) >= 11 is 0. The van der Waals surface area contributed by atoms with E-state index in [0.717, 1.165) is 43.2 Å². The molecule has 0 bridgehead atoms. The molecular formula is C26H37IN4O2. The number of ether oxygens (including phenoxy) is 1. The molecule has 0 saturated carbocycles. The minimum absolute atomic E-state index is 0. The van der Waals surface area contributed by atoms with Crippen LogP contribution < -0.4 is 15.4 Å². The standard InChI is InChI=1S/C26H36N4O2.HI/c1-4-15-32-24-16-20(3)12-13-22(24)18-29-26(27-5-2)28-17-21-9-6-7-10-23(21)19-30-14-8-11-25(30)31;/h6-7,9-10,12-13,16H,4-5,8,11,14-15,17-19H2,1-3H3,(H2,27,28,29);1H. The highest BCUT2D eigenvalue weighted by Gasteiger charge is 2.20. The number of amides is 1. The Morgan fingerprint density at radius 3 is 2.58 bits per heavy atom. The van der Waals surface area contributed by atoms with Gasteiger partial charge in [-0.3, -0.25) is 4.79 Å². The maximum absolute atomic E-state index is 12.0. The van der Waals surface area contributed by atoms with Crippen molar-refractivity contribution in [2.24, 2.45) is 4.99 Å². The average molecular weight is 565 g/mol. The molecule has 3 rings (SSSR count). The van der Waals surface area contributed by atoms with Crippen LogP contribution in [0.3, 0.4) is 0 Å². The summed E-state index contributed by atoms with van der Waals surface area (Å²) in [6.07, 6.45) is 2.60. The first kappa shape index (κ1) is 27.0. The third-order valence-electron chi connectivity index (χ3n) is 5.53. The number of hydrogen-bond acceptors (Lipinski definition) is 3. The third kappa shape index (κ3) is 8.21. The molecule has 0 aromatic heterocycles. The van der Waals surface area contributed by atoms with Crippen molar-refractivity contribution in [2.75, 3.05) is 19.7 Å². The number of nitrogens with one attached hydrogen (secondary N) is 2. The number of aliphatic imine (C=N–C) groups is 1. The lowest BCUT2D eigenvalue weighted by Gasteiger charge is -2.19. The lowest BCUT2D eigenvalue weighted by Crippen LogP contribution is -2.37. The number of benzene rings is 2. The normalized spacial score (nSPS) is 13.6. The van der Waals surface area contributed by atoms with Crippen LogP contribution in [0.5, 0.6) is 5.75 Å². The summed E-state index contributed by atoms with van der Waals surface area (Å²) in [6.45, 7) is 10.4. The molecule has 1 aliphatic rings. The second-order valence-electron chi connectivity index (χ2n) is 8.20. The van der Waals surface area contributed by atoms with Gasteiger partial charge in [0.05, 0.1) is 13.2 Å². The minimum Gasteiger partial charge on any atom is -0.493 e. The van der Waals surface area contributed by atoms with Gasteiger partial charge in [0.2, 0.25) is 5.91 Å². The minimum atomic E-state index is 0. The van der Waals surface area contributed by atoms with E-state index < -0.39 is 0 Å². The first-order valence-corrected chi connectivity index (χ1v) is 11.7. The zero-order chi connectivity index (χ0) is 22.8. The number of hydrogen-bond donors (Lipinski definition) is 2. The molecule has 1 fully saturated rings. The van der Waals surface area contributed by atoms with Crippen molar-refractivity contribution in [2.45, 2.75) is 59.7 Å². The van der Waals surface area contributed by atoms with Crippen molar-refractivity contribution in [1.29, 1.82) is 0 Å². The smallest absolute Gasteiger partial charge is 0.222 e. The van der Waals surface area contributed by atoms with Gasteiger partial charge >= 0.3 is 0 Å². The molecule has 1 heterocycles. The molecule has 0 radical (unpaired) electrons. The molecule has 1 amide bonds. The van der Waals surface area contributed by atoms with E-state index in [2.05, 4.69) is 61.7 Å². The Balaban J connectivity index is 0.00000385. The number of carbonyl (C=O) groups is 1. The van der Waals surface area contributed by atoms with Gasteiger partial charge in [-0.05, 0) is 49.4 Å². The fourth-order valence-electron chi connectivity index (χ4n) is 3.78. The van der Waals surface area contributed by atoms with Gasteiger partial charge in [-0.25, -0.2) is 4.99 Å². The fourth-order valence-corrected chi connectivity index (χ4v) is 3.78. The van der Waals surface area contributed by atoms with Crippen LogP contribution in [-0.2, 0) is 24.4 Å². The van der Waals surface area contributed by atoms with Gasteiger partial charge in [-0.2, -0.15) is 0 Å². The molecular weight excluding hydrogens is 527 g/mol. The number of nitrogens with zero attached hydrogens (tertiary/aromatic N) is 2. The lowest BCUT2D eigenvalue weighted by atomic mass is 10.1. The molecule has 1 saturated heterocycles. The van der Waals surface area contributed by atoms with E-state index in [0.29, 0.717) is 32.7 Å². The van der Waals surface area contributed by atoms with Crippen molar-refractivity contribution in [1.82, 2.24) is 15.5 Å². The lowest BCUT2D eigenvalue weighted by molar-refractivity contribution is -0.128. The number of carbonyl (C=O) groups excluding carboxylic acids is 1. The summed E-state index contributed by atoms with van der Waals surface area (Å²) in [5, 5.41) is 6.78. The van der Waals surface area contributed by atoms with E-state index >= 15 is 0 Å². The van der Waals surface area contributed by atoms with Crippen LogP contribution in [-0.4, -0.2) is 36.5 Å². The van der Waals surface area contributed by atoms with Crippen molar-refractivity contribution >= 4 is 35.8 Å². The Labute approximate surface area is 215 Å². The van der Waals surface area contributed by atoms with Gasteiger partial charge < -0.3 is 20.3 Å². The van der Waals surface area contributed by atoms with Crippen LogP contribution in [0.15, 0.2) is 47.5 Å². The number of aryl methyl sites for hydroxylation is 1. The SMILES string of the molecule is CCCOc1cc(C)ccc1CN=C(NCC)NCc1ccccc1CN1CCCC1=O.I. The van der Waals surface area contributed by atoms with E-state index in [-0.39, 0.29) is 29.9 Å². The molecule has 0 aliphatic carbocycles. The molecule has 0 atom stereocenters. The Kier molecular flexibility index (Phi) is 11.5. The highest BCUT2D eigenvalue weighted by molar-refractivity contribution is 14.0. The quantitative estimate of drug-likeness (QED) is 0.248. The van der Waals surface area contributed by atoms with E-state index in [1.54, 1.807) is 0 Å². The van der Waals surface area contributed by atoms with Gasteiger partial charge in [0, 0.05) is 38.2 Å². The molecule has 2 aromatic carbocycles. The fraction of sp³-hybridized carbons (Fsp3) is 0.462. The summed E-state index contributed by atoms with van der Waals surface area (Å²) < 4.78 is 5.93. The van der Waals surface area contributed by atoms with Crippen molar-refractivity contribution < 1.29 is 9.53 Å². The second-order valence-corrected chi connectivity index (χ2v) is 8.20. The molecule has 2 aromatic rings. The van der Waals surface area contributed by atoms with Crippen LogP contribution in [0.1, 0.15) is 55.4 Å². The Hall–Kier alpha value is -2.29. The summed E-state index contributed by atoms with van der Waals surface area (Å²) in [4.78, 5) is 18.8. The number of halogens is 1. The predicted molar refractivity (Wildman–Crippen MR) is 145 cm³/mol. The van der Waals surface area contributed by atoms with Crippen LogP contribution >= 0.6 is 24.0 Å². The highest BCUT2D eigenvalue weighted by Crippen LogP contribution is 2.22. The van der Waals surface area contributed by atoms with Crippen LogP contribution in [0.25, 0.3) is 0 Å². The van der Waals surface area contributed by atoms with Gasteiger partial charge in [0.15, 0.2) is 5.96 Å². The summed E-state index contributed by atoms with van der Waals surface area (Å²) in [5.74, 6) is 1.93. The van der Waals surface area contributed by atoms with Crippen molar-refractivity contribution in [3.63, 3.8) is 0 Å². The topological polar surface area (TPSA) is 66.0 Å². The van der Waals surface area contributed by atoms with E-state index in [9.17, 15) is 4.79 Å². The molecule has 2 N–H and O–H groups in total. The first-order chi connectivity index (χ1) is 15.6. The summed E-state index contributed by atoms with van der Waals surface area (Å²) in [5.41, 5.74) is 4.62. The number of guanidine groups is 1. The molecule has 180 valence electrons. The molecule has 0 unspecified atom stereocenters. The van der Waals surface area contributed by atoms with Gasteiger partial charge in [0.1, 0.15) is 5.75 Å². The Bertz CT molecular complexity index is 932. The number of likely N-dealkylation sites (tertiary alicyclic amines) is 1. The molecule has 0 spiro atoms. The van der Waals surface area contributed by atoms with Crippen LogP contribution in [0, 0.1) is 6.92 Å². The zero-order valence-corrected chi connectivity index (χ0v) is 22.4. The monoisotopic (exact) mass is 564 g/mol. The maximum Gasteiger partial charge on any atom is 0.222 e. The predicted octanol–water partition coefficient (Wildman–Crippen LogP) is 4.78. The third-order valence-corrected chi connectivity index (χ3v) is 5.53. The average Bonchev–Trinajstić information content (AvgIpc) is 3.20. The largest absolute Gasteiger partial charge is 0.493 e.